The van der Waals surface area contributed by atoms with E-state index in [2.05, 4.69) is 20.1 Å². The molecule has 29 heavy (non-hydrogen) atoms. The monoisotopic (exact) mass is 393 g/mol. The molecule has 4 rings (SSSR count). The van der Waals surface area contributed by atoms with Crippen LogP contribution in [0.3, 0.4) is 0 Å². The number of piperidine rings is 1. The van der Waals surface area contributed by atoms with Crippen LogP contribution in [0.2, 0.25) is 0 Å². The molecule has 0 aromatic carbocycles. The van der Waals surface area contributed by atoms with E-state index in [9.17, 15) is 9.90 Å². The maximum atomic E-state index is 12.5. The lowest BCUT2D eigenvalue weighted by Crippen LogP contribution is -2.45. The smallest absolute Gasteiger partial charge is 0.226 e. The van der Waals surface area contributed by atoms with E-state index in [4.69, 9.17) is 4.52 Å². The summed E-state index contributed by atoms with van der Waals surface area (Å²) < 4.78 is 5.27. The van der Waals surface area contributed by atoms with E-state index >= 15 is 0 Å². The molecule has 0 unspecified atom stereocenters. The first-order chi connectivity index (χ1) is 14.1. The van der Waals surface area contributed by atoms with Crippen molar-refractivity contribution in [1.29, 1.82) is 0 Å². The molecule has 1 aliphatic rings. The van der Waals surface area contributed by atoms with E-state index in [1.54, 1.807) is 18.6 Å². The van der Waals surface area contributed by atoms with E-state index in [1.807, 2.05) is 35.2 Å². The lowest BCUT2D eigenvalue weighted by atomic mass is 9.87. The van der Waals surface area contributed by atoms with Crippen LogP contribution < -0.4 is 0 Å². The number of nitrogens with zero attached hydrogens (tertiary/aromatic N) is 5. The fourth-order valence-electron chi connectivity index (χ4n) is 3.54. The number of carbonyl (C=O) groups excluding carboxylic acids is 1. The Kier molecular flexibility index (Phi) is 5.62. The number of hydrogen-bond acceptors (Lipinski definition) is 7. The van der Waals surface area contributed by atoms with Gasteiger partial charge in [0.15, 0.2) is 0 Å². The van der Waals surface area contributed by atoms with Gasteiger partial charge in [0.25, 0.3) is 0 Å². The van der Waals surface area contributed by atoms with E-state index in [0.29, 0.717) is 62.6 Å². The Balaban J connectivity index is 1.24. The van der Waals surface area contributed by atoms with Crippen molar-refractivity contribution in [2.24, 2.45) is 0 Å². The van der Waals surface area contributed by atoms with E-state index in [1.165, 1.54) is 0 Å². The average molecular weight is 393 g/mol. The Morgan fingerprint density at radius 1 is 1.17 bits per heavy atom. The minimum absolute atomic E-state index is 0.0834. The zero-order valence-corrected chi connectivity index (χ0v) is 16.1. The van der Waals surface area contributed by atoms with Crippen LogP contribution in [0, 0.1) is 0 Å². The Hall–Kier alpha value is -3.13. The van der Waals surface area contributed by atoms with Crippen LogP contribution in [-0.4, -0.2) is 49.1 Å². The summed E-state index contributed by atoms with van der Waals surface area (Å²) in [6, 6.07) is 9.22. The molecular weight excluding hydrogens is 370 g/mol. The number of hydrogen-bond donors (Lipinski definition) is 1. The molecule has 8 nitrogen and oxygen atoms in total. The van der Waals surface area contributed by atoms with Crippen LogP contribution in [0.25, 0.3) is 11.4 Å². The number of carbonyl (C=O) groups is 1. The van der Waals surface area contributed by atoms with Gasteiger partial charge in [-0.1, -0.05) is 11.2 Å². The van der Waals surface area contributed by atoms with Crippen molar-refractivity contribution in [3.8, 4) is 11.4 Å². The molecule has 150 valence electrons. The van der Waals surface area contributed by atoms with Crippen LogP contribution in [0.5, 0.6) is 0 Å². The summed E-state index contributed by atoms with van der Waals surface area (Å²) >= 11 is 0. The van der Waals surface area contributed by atoms with Crippen molar-refractivity contribution in [2.75, 3.05) is 13.1 Å². The summed E-state index contributed by atoms with van der Waals surface area (Å²) in [7, 11) is 0. The molecule has 0 radical (unpaired) electrons. The highest BCUT2D eigenvalue weighted by atomic mass is 16.5. The third-order valence-corrected chi connectivity index (χ3v) is 5.25. The third-order valence-electron chi connectivity index (χ3n) is 5.25. The lowest BCUT2D eigenvalue weighted by molar-refractivity contribution is -0.136. The van der Waals surface area contributed by atoms with Crippen LogP contribution in [-0.2, 0) is 16.8 Å². The summed E-state index contributed by atoms with van der Waals surface area (Å²) in [5, 5.41) is 14.8. The molecular formula is C21H23N5O3. The Morgan fingerprint density at radius 2 is 2.03 bits per heavy atom. The molecule has 1 N–H and O–H groups in total. The highest BCUT2D eigenvalue weighted by Crippen LogP contribution is 2.31. The van der Waals surface area contributed by atoms with Gasteiger partial charge in [-0.25, -0.2) is 0 Å². The van der Waals surface area contributed by atoms with Gasteiger partial charge in [-0.05, 0) is 43.5 Å². The van der Waals surface area contributed by atoms with Crippen molar-refractivity contribution in [2.45, 2.75) is 37.7 Å². The number of aliphatic hydroxyl groups is 1. The summed E-state index contributed by atoms with van der Waals surface area (Å²) in [5.41, 5.74) is 0.519. The summed E-state index contributed by atoms with van der Waals surface area (Å²) in [6.45, 7) is 1.05. The number of aryl methyl sites for hydroxylation is 1. The topological polar surface area (TPSA) is 105 Å². The zero-order valence-electron chi connectivity index (χ0n) is 16.1. The number of rotatable bonds is 6. The fraction of sp³-hybridized carbons (Fsp3) is 0.381. The molecule has 1 aliphatic heterocycles. The fourth-order valence-corrected chi connectivity index (χ4v) is 3.54. The van der Waals surface area contributed by atoms with Crippen molar-refractivity contribution in [1.82, 2.24) is 25.0 Å². The SMILES string of the molecule is O=C(CCCc1nc(-c2cccnc2)no1)N1CCC(O)(c2ccccn2)CC1. The Labute approximate surface area is 168 Å². The molecule has 0 saturated carbocycles. The van der Waals surface area contributed by atoms with Gasteiger partial charge in [-0.3, -0.25) is 14.8 Å². The van der Waals surface area contributed by atoms with E-state index in [-0.39, 0.29) is 5.91 Å². The molecule has 0 aliphatic carbocycles. The first-order valence-electron chi connectivity index (χ1n) is 9.79. The zero-order chi connectivity index (χ0) is 20.1. The normalized spacial score (nSPS) is 16.0. The molecule has 3 aromatic rings. The van der Waals surface area contributed by atoms with E-state index < -0.39 is 5.60 Å². The first kappa shape index (κ1) is 19.2. The number of pyridine rings is 2. The molecule has 1 fully saturated rings. The van der Waals surface area contributed by atoms with Gasteiger partial charge in [0.1, 0.15) is 5.60 Å². The molecule has 0 spiro atoms. The standard InChI is InChI=1S/C21H23N5O3/c27-19(26-13-9-21(28,10-14-26)17-6-1-2-12-23-17)8-3-7-18-24-20(25-29-18)16-5-4-11-22-15-16/h1-2,4-6,11-12,15,28H,3,7-10,13-14H2. The van der Waals surface area contributed by atoms with Gasteiger partial charge >= 0.3 is 0 Å². The molecule has 8 heteroatoms. The van der Waals surface area contributed by atoms with Gasteiger partial charge in [-0.2, -0.15) is 4.98 Å². The molecule has 0 atom stereocenters. The van der Waals surface area contributed by atoms with E-state index in [0.717, 1.165) is 5.56 Å². The largest absolute Gasteiger partial charge is 0.383 e. The maximum Gasteiger partial charge on any atom is 0.226 e. The molecule has 1 amide bonds. The average Bonchev–Trinajstić information content (AvgIpc) is 3.24. The van der Waals surface area contributed by atoms with Gasteiger partial charge in [-0.15, -0.1) is 0 Å². The number of amides is 1. The van der Waals surface area contributed by atoms with Crippen LogP contribution in [0.1, 0.15) is 37.3 Å². The second-order valence-electron chi connectivity index (χ2n) is 7.23. The lowest BCUT2D eigenvalue weighted by Gasteiger charge is -2.37. The van der Waals surface area contributed by atoms with Crippen LogP contribution in [0.15, 0.2) is 53.4 Å². The van der Waals surface area contributed by atoms with Crippen molar-refractivity contribution in [3.05, 3.63) is 60.5 Å². The highest BCUT2D eigenvalue weighted by Gasteiger charge is 2.36. The quantitative estimate of drug-likeness (QED) is 0.685. The maximum absolute atomic E-state index is 12.5. The minimum atomic E-state index is -0.954. The second-order valence-corrected chi connectivity index (χ2v) is 7.23. The number of aromatic nitrogens is 4. The summed E-state index contributed by atoms with van der Waals surface area (Å²) in [5.74, 6) is 1.10. The van der Waals surface area contributed by atoms with Crippen molar-refractivity contribution >= 4 is 5.91 Å². The predicted molar refractivity (Wildman–Crippen MR) is 104 cm³/mol. The van der Waals surface area contributed by atoms with Crippen molar-refractivity contribution < 1.29 is 14.4 Å². The summed E-state index contributed by atoms with van der Waals surface area (Å²) in [4.78, 5) is 27.0. The first-order valence-corrected chi connectivity index (χ1v) is 9.79. The van der Waals surface area contributed by atoms with Gasteiger partial charge in [0.2, 0.25) is 17.6 Å². The number of likely N-dealkylation sites (tertiary alicyclic amines) is 1. The highest BCUT2D eigenvalue weighted by molar-refractivity contribution is 5.76. The Bertz CT molecular complexity index is 937. The summed E-state index contributed by atoms with van der Waals surface area (Å²) in [6.07, 6.45) is 7.63. The molecule has 3 aromatic heterocycles. The second kappa shape index (κ2) is 8.48. The van der Waals surface area contributed by atoms with Gasteiger partial charge in [0.05, 0.1) is 5.69 Å². The van der Waals surface area contributed by atoms with Crippen molar-refractivity contribution in [3.63, 3.8) is 0 Å². The predicted octanol–water partition coefficient (Wildman–Crippen LogP) is 2.36. The Morgan fingerprint density at radius 3 is 2.76 bits per heavy atom. The molecule has 4 heterocycles. The molecule has 0 bridgehead atoms. The van der Waals surface area contributed by atoms with Gasteiger partial charge in [0, 0.05) is 50.1 Å². The molecule has 1 saturated heterocycles. The van der Waals surface area contributed by atoms with Gasteiger partial charge < -0.3 is 14.5 Å². The third kappa shape index (κ3) is 4.48. The minimum Gasteiger partial charge on any atom is -0.383 e. The van der Waals surface area contributed by atoms with Crippen LogP contribution >= 0.6 is 0 Å². The van der Waals surface area contributed by atoms with Crippen LogP contribution in [0.4, 0.5) is 0 Å².